The van der Waals surface area contributed by atoms with Gasteiger partial charge in [-0.1, -0.05) is 11.6 Å². The number of hydrogen-bond donors (Lipinski definition) is 2. The summed E-state index contributed by atoms with van der Waals surface area (Å²) in [4.78, 5) is 4.91. The topological polar surface area (TPSA) is 50.7 Å². The Morgan fingerprint density at radius 3 is 2.88 bits per heavy atom. The summed E-state index contributed by atoms with van der Waals surface area (Å²) in [7, 11) is 0. The van der Waals surface area contributed by atoms with Gasteiger partial charge in [0.15, 0.2) is 0 Å². The smallest absolute Gasteiger partial charge is 0.119 e. The van der Waals surface area contributed by atoms with E-state index in [1.54, 1.807) is 12.1 Å². The summed E-state index contributed by atoms with van der Waals surface area (Å²) in [6.45, 7) is 4.88. The van der Waals surface area contributed by atoms with Gasteiger partial charge in [0.2, 0.25) is 0 Å². The first-order valence-corrected chi connectivity index (χ1v) is 5.93. The fourth-order valence-electron chi connectivity index (χ4n) is 1.22. The summed E-state index contributed by atoms with van der Waals surface area (Å²) in [6, 6.07) is 5.39. The number of hydrogen-bond acceptors (Lipinski definition) is 4. The summed E-state index contributed by atoms with van der Waals surface area (Å²) in [5.41, 5.74) is 3.59. The Hall–Kier alpha value is -0.810. The molecule has 1 aromatic carbocycles. The van der Waals surface area contributed by atoms with Crippen molar-refractivity contribution in [1.29, 1.82) is 0 Å². The molecule has 1 unspecified atom stereocenters. The minimum atomic E-state index is -0.613. The van der Waals surface area contributed by atoms with E-state index >= 15 is 0 Å². The first kappa shape index (κ1) is 14.3. The average Bonchev–Trinajstić information content (AvgIpc) is 2.31. The number of halogens is 1. The van der Waals surface area contributed by atoms with Crippen LogP contribution in [-0.2, 0) is 4.84 Å². The molecule has 5 heteroatoms. The second-order valence-electron chi connectivity index (χ2n) is 3.66. The van der Waals surface area contributed by atoms with Crippen molar-refractivity contribution in [3.8, 4) is 5.75 Å². The Balaban J connectivity index is 2.31. The van der Waals surface area contributed by atoms with E-state index < -0.39 is 6.10 Å². The molecule has 0 radical (unpaired) electrons. The first-order valence-electron chi connectivity index (χ1n) is 5.55. The van der Waals surface area contributed by atoms with Crippen molar-refractivity contribution in [3.05, 3.63) is 28.8 Å². The normalized spacial score (nSPS) is 12.5. The van der Waals surface area contributed by atoms with Crippen LogP contribution in [0.2, 0.25) is 5.02 Å². The molecule has 0 bridgehead atoms. The van der Waals surface area contributed by atoms with Crippen molar-refractivity contribution in [1.82, 2.24) is 5.48 Å². The van der Waals surface area contributed by atoms with Crippen molar-refractivity contribution < 1.29 is 14.7 Å². The SMILES string of the molecule is CCONCC(O)COc1ccc(Cl)c(C)c1. The number of benzene rings is 1. The second-order valence-corrected chi connectivity index (χ2v) is 4.06. The number of aliphatic hydroxyl groups is 1. The highest BCUT2D eigenvalue weighted by molar-refractivity contribution is 6.31. The van der Waals surface area contributed by atoms with Gasteiger partial charge in [-0.3, -0.25) is 0 Å². The van der Waals surface area contributed by atoms with E-state index in [-0.39, 0.29) is 6.61 Å². The van der Waals surface area contributed by atoms with E-state index in [2.05, 4.69) is 5.48 Å². The van der Waals surface area contributed by atoms with Gasteiger partial charge in [0.05, 0.1) is 13.2 Å². The van der Waals surface area contributed by atoms with Crippen LogP contribution in [0, 0.1) is 6.92 Å². The lowest BCUT2D eigenvalue weighted by atomic mass is 10.2. The third kappa shape index (κ3) is 5.37. The number of aryl methyl sites for hydroxylation is 1. The monoisotopic (exact) mass is 259 g/mol. The molecule has 0 amide bonds. The Labute approximate surface area is 106 Å². The predicted molar refractivity (Wildman–Crippen MR) is 67.3 cm³/mol. The molecule has 0 saturated heterocycles. The maximum absolute atomic E-state index is 9.57. The molecule has 17 heavy (non-hydrogen) atoms. The van der Waals surface area contributed by atoms with Crippen molar-refractivity contribution in [2.75, 3.05) is 19.8 Å². The fourth-order valence-corrected chi connectivity index (χ4v) is 1.33. The molecular formula is C12H18ClNO3. The van der Waals surface area contributed by atoms with Crippen molar-refractivity contribution in [2.24, 2.45) is 0 Å². The van der Waals surface area contributed by atoms with Crippen LogP contribution in [0.5, 0.6) is 5.75 Å². The third-order valence-corrected chi connectivity index (χ3v) is 2.56. The Morgan fingerprint density at radius 2 is 2.24 bits per heavy atom. The van der Waals surface area contributed by atoms with Crippen LogP contribution in [0.25, 0.3) is 0 Å². The average molecular weight is 260 g/mol. The molecule has 0 spiro atoms. The molecular weight excluding hydrogens is 242 g/mol. The van der Waals surface area contributed by atoms with Crippen LogP contribution in [0.15, 0.2) is 18.2 Å². The lowest BCUT2D eigenvalue weighted by Gasteiger charge is -2.13. The van der Waals surface area contributed by atoms with Crippen LogP contribution in [-0.4, -0.2) is 31.0 Å². The largest absolute Gasteiger partial charge is 0.491 e. The molecule has 96 valence electrons. The third-order valence-electron chi connectivity index (χ3n) is 2.14. The number of hydroxylamine groups is 1. The van der Waals surface area contributed by atoms with Crippen molar-refractivity contribution in [3.63, 3.8) is 0 Å². The molecule has 1 aromatic rings. The van der Waals surface area contributed by atoms with Gasteiger partial charge in [0, 0.05) is 5.02 Å². The lowest BCUT2D eigenvalue weighted by Crippen LogP contribution is -2.31. The van der Waals surface area contributed by atoms with E-state index in [0.717, 1.165) is 5.56 Å². The molecule has 0 heterocycles. The van der Waals surface area contributed by atoms with E-state index in [9.17, 15) is 5.11 Å². The number of rotatable bonds is 7. The van der Waals surface area contributed by atoms with Crippen molar-refractivity contribution >= 4 is 11.6 Å². The summed E-state index contributed by atoms with van der Waals surface area (Å²) >= 11 is 5.90. The van der Waals surface area contributed by atoms with Gasteiger partial charge in [-0.05, 0) is 37.6 Å². The maximum Gasteiger partial charge on any atom is 0.119 e. The van der Waals surface area contributed by atoms with Gasteiger partial charge < -0.3 is 14.7 Å². The Bertz CT molecular complexity index is 347. The van der Waals surface area contributed by atoms with Gasteiger partial charge in [0.25, 0.3) is 0 Å². The molecule has 0 aliphatic heterocycles. The molecule has 2 N–H and O–H groups in total. The van der Waals surface area contributed by atoms with Crippen LogP contribution < -0.4 is 10.2 Å². The number of ether oxygens (including phenoxy) is 1. The summed E-state index contributed by atoms with van der Waals surface area (Å²) in [5.74, 6) is 0.697. The standard InChI is InChI=1S/C12H18ClNO3/c1-3-17-14-7-10(15)8-16-11-4-5-12(13)9(2)6-11/h4-6,10,14-15H,3,7-8H2,1-2H3. The highest BCUT2D eigenvalue weighted by Crippen LogP contribution is 2.20. The highest BCUT2D eigenvalue weighted by Gasteiger charge is 2.05. The van der Waals surface area contributed by atoms with Gasteiger partial charge in [-0.25, -0.2) is 0 Å². The van der Waals surface area contributed by atoms with Gasteiger partial charge in [-0.15, -0.1) is 0 Å². The maximum atomic E-state index is 9.57. The predicted octanol–water partition coefficient (Wildman–Crippen LogP) is 1.93. The Kier molecular flexibility index (Phi) is 6.29. The minimum Gasteiger partial charge on any atom is -0.491 e. The molecule has 1 rings (SSSR count). The summed E-state index contributed by atoms with van der Waals surface area (Å²) in [5, 5.41) is 10.3. The molecule has 0 aliphatic rings. The zero-order valence-corrected chi connectivity index (χ0v) is 10.8. The van der Waals surface area contributed by atoms with Gasteiger partial charge >= 0.3 is 0 Å². The molecule has 0 aliphatic carbocycles. The molecule has 0 saturated carbocycles. The van der Waals surface area contributed by atoms with Crippen LogP contribution in [0.3, 0.4) is 0 Å². The highest BCUT2D eigenvalue weighted by atomic mass is 35.5. The first-order chi connectivity index (χ1) is 8.13. The van der Waals surface area contributed by atoms with E-state index in [4.69, 9.17) is 21.2 Å². The molecule has 4 nitrogen and oxygen atoms in total. The number of nitrogens with one attached hydrogen (secondary N) is 1. The molecule has 1 atom stereocenters. The van der Waals surface area contributed by atoms with Crippen LogP contribution >= 0.6 is 11.6 Å². The lowest BCUT2D eigenvalue weighted by molar-refractivity contribution is 0.00949. The van der Waals surface area contributed by atoms with E-state index in [1.807, 2.05) is 19.9 Å². The van der Waals surface area contributed by atoms with Crippen LogP contribution in [0.4, 0.5) is 0 Å². The molecule has 0 fully saturated rings. The fraction of sp³-hybridized carbons (Fsp3) is 0.500. The summed E-state index contributed by atoms with van der Waals surface area (Å²) in [6.07, 6.45) is -0.613. The van der Waals surface area contributed by atoms with Crippen LogP contribution in [0.1, 0.15) is 12.5 Å². The van der Waals surface area contributed by atoms with Gasteiger partial charge in [-0.2, -0.15) is 5.48 Å². The van der Waals surface area contributed by atoms with Gasteiger partial charge in [0.1, 0.15) is 18.5 Å². The Morgan fingerprint density at radius 1 is 1.47 bits per heavy atom. The second kappa shape index (κ2) is 7.50. The zero-order valence-electron chi connectivity index (χ0n) is 10.1. The van der Waals surface area contributed by atoms with Crippen molar-refractivity contribution in [2.45, 2.75) is 20.0 Å². The molecule has 0 aromatic heterocycles. The van der Waals surface area contributed by atoms with E-state index in [1.165, 1.54) is 0 Å². The zero-order chi connectivity index (χ0) is 12.7. The summed E-state index contributed by atoms with van der Waals surface area (Å²) < 4.78 is 5.43. The van der Waals surface area contributed by atoms with E-state index in [0.29, 0.717) is 23.9 Å². The minimum absolute atomic E-state index is 0.209. The quantitative estimate of drug-likeness (QED) is 0.580. The number of aliphatic hydroxyl groups excluding tert-OH is 1.